The molecule has 0 amide bonds. The Bertz CT molecular complexity index is 542. The number of H-pyrrole nitrogens is 1. The SMILES string of the molecule is CN(C)Cc1cnc2n1CCN(Cc1cn[nH]c1)CC2. The average Bonchev–Trinajstić information content (AvgIpc) is 2.98. The molecule has 1 N–H and O–H groups in total. The van der Waals surface area contributed by atoms with Crippen LogP contribution in [0.5, 0.6) is 0 Å². The van der Waals surface area contributed by atoms with E-state index in [4.69, 9.17) is 0 Å². The summed E-state index contributed by atoms with van der Waals surface area (Å²) in [4.78, 5) is 9.26. The number of hydrogen-bond donors (Lipinski definition) is 1. The Morgan fingerprint density at radius 1 is 1.25 bits per heavy atom. The van der Waals surface area contributed by atoms with Crippen molar-refractivity contribution in [2.75, 3.05) is 27.2 Å². The first-order valence-corrected chi connectivity index (χ1v) is 7.10. The van der Waals surface area contributed by atoms with E-state index >= 15 is 0 Å². The van der Waals surface area contributed by atoms with Crippen LogP contribution < -0.4 is 0 Å². The molecule has 3 heterocycles. The van der Waals surface area contributed by atoms with Gasteiger partial charge >= 0.3 is 0 Å². The zero-order valence-electron chi connectivity index (χ0n) is 12.2. The van der Waals surface area contributed by atoms with Gasteiger partial charge < -0.3 is 9.47 Å². The number of imidazole rings is 1. The van der Waals surface area contributed by atoms with Crippen LogP contribution in [0.1, 0.15) is 17.1 Å². The van der Waals surface area contributed by atoms with Crippen molar-refractivity contribution in [2.45, 2.75) is 26.1 Å². The lowest BCUT2D eigenvalue weighted by atomic mass is 10.3. The van der Waals surface area contributed by atoms with Gasteiger partial charge in [-0.15, -0.1) is 0 Å². The van der Waals surface area contributed by atoms with Gasteiger partial charge in [0.1, 0.15) is 5.82 Å². The van der Waals surface area contributed by atoms with Gasteiger partial charge in [0.2, 0.25) is 0 Å². The highest BCUT2D eigenvalue weighted by atomic mass is 15.2. The van der Waals surface area contributed by atoms with Crippen molar-refractivity contribution in [3.8, 4) is 0 Å². The first-order chi connectivity index (χ1) is 9.72. The summed E-state index contributed by atoms with van der Waals surface area (Å²) in [6.45, 7) is 5.06. The van der Waals surface area contributed by atoms with E-state index in [1.807, 2.05) is 18.6 Å². The summed E-state index contributed by atoms with van der Waals surface area (Å²) >= 11 is 0. The third kappa shape index (κ3) is 2.91. The quantitative estimate of drug-likeness (QED) is 0.893. The van der Waals surface area contributed by atoms with E-state index in [0.29, 0.717) is 0 Å². The highest BCUT2D eigenvalue weighted by molar-refractivity contribution is 5.08. The zero-order chi connectivity index (χ0) is 13.9. The monoisotopic (exact) mass is 274 g/mol. The second-order valence-corrected chi connectivity index (χ2v) is 5.69. The lowest BCUT2D eigenvalue weighted by molar-refractivity contribution is 0.269. The lowest BCUT2D eigenvalue weighted by Crippen LogP contribution is -2.26. The number of nitrogens with one attached hydrogen (secondary N) is 1. The van der Waals surface area contributed by atoms with Crippen molar-refractivity contribution in [1.29, 1.82) is 0 Å². The molecule has 20 heavy (non-hydrogen) atoms. The Hall–Kier alpha value is -1.66. The number of nitrogens with zero attached hydrogens (tertiary/aromatic N) is 5. The zero-order valence-corrected chi connectivity index (χ0v) is 12.2. The molecule has 2 aromatic heterocycles. The van der Waals surface area contributed by atoms with Crippen LogP contribution in [0.4, 0.5) is 0 Å². The summed E-state index contributed by atoms with van der Waals surface area (Å²) in [5.74, 6) is 1.22. The van der Waals surface area contributed by atoms with E-state index in [0.717, 1.165) is 39.1 Å². The minimum absolute atomic E-state index is 0.953. The van der Waals surface area contributed by atoms with Crippen molar-refractivity contribution < 1.29 is 0 Å². The van der Waals surface area contributed by atoms with E-state index in [2.05, 4.69) is 43.6 Å². The molecule has 108 valence electrons. The fourth-order valence-corrected chi connectivity index (χ4v) is 2.77. The first-order valence-electron chi connectivity index (χ1n) is 7.10. The molecule has 0 saturated carbocycles. The molecule has 2 aromatic rings. The molecule has 0 aliphatic carbocycles. The Balaban J connectivity index is 1.67. The Morgan fingerprint density at radius 3 is 2.90 bits per heavy atom. The van der Waals surface area contributed by atoms with Gasteiger partial charge in [0.25, 0.3) is 0 Å². The number of rotatable bonds is 4. The maximum atomic E-state index is 4.59. The van der Waals surface area contributed by atoms with Gasteiger partial charge in [0.15, 0.2) is 0 Å². The van der Waals surface area contributed by atoms with E-state index in [1.54, 1.807) is 0 Å². The second-order valence-electron chi connectivity index (χ2n) is 5.69. The minimum atomic E-state index is 0.953. The van der Waals surface area contributed by atoms with Gasteiger partial charge in [0.05, 0.1) is 11.9 Å². The normalized spacial score (nSPS) is 16.4. The maximum absolute atomic E-state index is 4.59. The van der Waals surface area contributed by atoms with Crippen molar-refractivity contribution in [1.82, 2.24) is 29.5 Å². The van der Waals surface area contributed by atoms with Crippen LogP contribution in [-0.2, 0) is 26.1 Å². The molecule has 1 aliphatic heterocycles. The first kappa shape index (κ1) is 13.3. The summed E-state index contributed by atoms with van der Waals surface area (Å²) in [5.41, 5.74) is 2.56. The van der Waals surface area contributed by atoms with Crippen molar-refractivity contribution in [3.05, 3.63) is 35.7 Å². The van der Waals surface area contributed by atoms with Crippen LogP contribution in [0.3, 0.4) is 0 Å². The summed E-state index contributed by atoms with van der Waals surface area (Å²) in [5, 5.41) is 6.89. The fourth-order valence-electron chi connectivity index (χ4n) is 2.77. The lowest BCUT2D eigenvalue weighted by Gasteiger charge is -2.19. The molecule has 0 bridgehead atoms. The largest absolute Gasteiger partial charge is 0.329 e. The van der Waals surface area contributed by atoms with E-state index in [-0.39, 0.29) is 0 Å². The summed E-state index contributed by atoms with van der Waals surface area (Å²) in [6.07, 6.45) is 6.92. The molecule has 0 spiro atoms. The molecule has 0 atom stereocenters. The molecule has 3 rings (SSSR count). The second kappa shape index (κ2) is 5.76. The van der Waals surface area contributed by atoms with Gasteiger partial charge in [-0.2, -0.15) is 5.10 Å². The molecule has 0 unspecified atom stereocenters. The predicted molar refractivity (Wildman–Crippen MR) is 77.2 cm³/mol. The molecule has 1 aliphatic rings. The number of fused-ring (bicyclic) bond motifs is 1. The average molecular weight is 274 g/mol. The highest BCUT2D eigenvalue weighted by Gasteiger charge is 2.17. The van der Waals surface area contributed by atoms with Crippen molar-refractivity contribution in [3.63, 3.8) is 0 Å². The fraction of sp³-hybridized carbons (Fsp3) is 0.571. The van der Waals surface area contributed by atoms with E-state index in [9.17, 15) is 0 Å². The smallest absolute Gasteiger partial charge is 0.110 e. The van der Waals surface area contributed by atoms with Gasteiger partial charge in [0, 0.05) is 57.1 Å². The van der Waals surface area contributed by atoms with Crippen LogP contribution in [0, 0.1) is 0 Å². The molecule has 0 radical (unpaired) electrons. The van der Waals surface area contributed by atoms with Gasteiger partial charge in [-0.25, -0.2) is 4.98 Å². The van der Waals surface area contributed by atoms with Crippen LogP contribution in [0.25, 0.3) is 0 Å². The summed E-state index contributed by atoms with van der Waals surface area (Å²) in [7, 11) is 4.20. The van der Waals surface area contributed by atoms with Gasteiger partial charge in [-0.1, -0.05) is 0 Å². The van der Waals surface area contributed by atoms with Gasteiger partial charge in [-0.05, 0) is 14.1 Å². The van der Waals surface area contributed by atoms with Crippen LogP contribution >= 0.6 is 0 Å². The topological polar surface area (TPSA) is 53.0 Å². The molecule has 6 heteroatoms. The van der Waals surface area contributed by atoms with E-state index in [1.165, 1.54) is 17.1 Å². The summed E-state index contributed by atoms with van der Waals surface area (Å²) < 4.78 is 2.38. The van der Waals surface area contributed by atoms with Crippen molar-refractivity contribution in [2.24, 2.45) is 0 Å². The Labute approximate surface area is 119 Å². The standard InChI is InChI=1S/C14H22N6/c1-18(2)11-13-9-15-14-3-4-19(5-6-20(13)14)10-12-7-16-17-8-12/h7-9H,3-6,10-11H2,1-2H3,(H,16,17). The highest BCUT2D eigenvalue weighted by Crippen LogP contribution is 2.14. The third-order valence-electron chi connectivity index (χ3n) is 3.75. The van der Waals surface area contributed by atoms with E-state index < -0.39 is 0 Å². The Morgan fingerprint density at radius 2 is 2.15 bits per heavy atom. The molecular formula is C14H22N6. The van der Waals surface area contributed by atoms with Gasteiger partial charge in [-0.3, -0.25) is 10.00 Å². The number of hydrogen-bond acceptors (Lipinski definition) is 4. The molecule has 0 saturated heterocycles. The van der Waals surface area contributed by atoms with Crippen molar-refractivity contribution >= 4 is 0 Å². The van der Waals surface area contributed by atoms with Crippen LogP contribution in [-0.4, -0.2) is 56.7 Å². The van der Waals surface area contributed by atoms with Crippen LogP contribution in [0.15, 0.2) is 18.6 Å². The van der Waals surface area contributed by atoms with Crippen LogP contribution in [0.2, 0.25) is 0 Å². The maximum Gasteiger partial charge on any atom is 0.110 e. The Kier molecular flexibility index (Phi) is 3.84. The number of aromatic amines is 1. The minimum Gasteiger partial charge on any atom is -0.329 e. The molecular weight excluding hydrogens is 252 g/mol. The molecule has 0 aromatic carbocycles. The molecule has 6 nitrogen and oxygen atoms in total. The number of aromatic nitrogens is 4. The predicted octanol–water partition coefficient (Wildman–Crippen LogP) is 0.726. The summed E-state index contributed by atoms with van der Waals surface area (Å²) in [6, 6.07) is 0. The third-order valence-corrected chi connectivity index (χ3v) is 3.75. The molecule has 0 fully saturated rings.